The lowest BCUT2D eigenvalue weighted by Crippen LogP contribution is -2.49. The molecule has 4 nitrogen and oxygen atoms in total. The van der Waals surface area contributed by atoms with E-state index in [1.807, 2.05) is 6.92 Å². The van der Waals surface area contributed by atoms with E-state index in [4.69, 9.17) is 4.74 Å². The Morgan fingerprint density at radius 3 is 2.56 bits per heavy atom. The second-order valence-corrected chi connectivity index (χ2v) is 8.28. The van der Waals surface area contributed by atoms with Crippen molar-refractivity contribution in [2.24, 2.45) is 4.99 Å². The summed E-state index contributed by atoms with van der Waals surface area (Å²) in [6, 6.07) is 12.2. The average Bonchev–Trinajstić information content (AvgIpc) is 3.51. The largest absolute Gasteiger partial charge is 0.496 e. The molecule has 2 aromatic carbocycles. The molecule has 1 N–H and O–H groups in total. The van der Waals surface area contributed by atoms with Crippen LogP contribution in [0.4, 0.5) is 23.2 Å². The van der Waals surface area contributed by atoms with E-state index in [0.29, 0.717) is 41.3 Å². The molecule has 0 bridgehead atoms. The summed E-state index contributed by atoms with van der Waals surface area (Å²) in [5, 5.41) is 11.3. The Hall–Kier alpha value is -3.00. The van der Waals surface area contributed by atoms with Crippen LogP contribution in [-0.4, -0.2) is 35.2 Å². The van der Waals surface area contributed by atoms with Crippen LogP contribution in [0.5, 0.6) is 5.75 Å². The van der Waals surface area contributed by atoms with Crippen LogP contribution in [-0.2, 0) is 5.41 Å². The number of benzene rings is 2. The van der Waals surface area contributed by atoms with Crippen molar-refractivity contribution in [2.75, 3.05) is 7.11 Å². The lowest BCUT2D eigenvalue weighted by atomic mass is 9.82. The van der Waals surface area contributed by atoms with Gasteiger partial charge in [-0.05, 0) is 62.2 Å². The SMILES string of the molecule is COc1ccc(F)cc1C1(CC(O)(C=Nc2cccc3nc(C)ccc23)C(F)(F)F)CC1. The van der Waals surface area contributed by atoms with E-state index in [-0.39, 0.29) is 5.69 Å². The van der Waals surface area contributed by atoms with Gasteiger partial charge in [0.1, 0.15) is 11.6 Å². The average molecular weight is 446 g/mol. The Bertz CT molecular complexity index is 1190. The van der Waals surface area contributed by atoms with Gasteiger partial charge < -0.3 is 9.84 Å². The molecular weight excluding hydrogens is 424 g/mol. The van der Waals surface area contributed by atoms with E-state index in [1.54, 1.807) is 30.3 Å². The molecule has 0 aliphatic heterocycles. The number of aromatic nitrogens is 1. The maximum Gasteiger partial charge on any atom is 0.422 e. The molecule has 8 heteroatoms. The topological polar surface area (TPSA) is 54.7 Å². The Kier molecular flexibility index (Phi) is 5.45. The number of aryl methyl sites for hydroxylation is 1. The van der Waals surface area contributed by atoms with Gasteiger partial charge in [-0.2, -0.15) is 13.2 Å². The zero-order valence-corrected chi connectivity index (χ0v) is 17.6. The highest BCUT2D eigenvalue weighted by molar-refractivity contribution is 5.92. The molecule has 1 aliphatic carbocycles. The number of hydrogen-bond donors (Lipinski definition) is 1. The molecule has 0 spiro atoms. The number of alkyl halides is 3. The van der Waals surface area contributed by atoms with Crippen molar-refractivity contribution in [3.8, 4) is 5.75 Å². The van der Waals surface area contributed by atoms with Crippen molar-refractivity contribution >= 4 is 22.8 Å². The number of halogens is 4. The number of aliphatic imine (C=N–C) groups is 1. The first-order valence-corrected chi connectivity index (χ1v) is 10.1. The molecule has 1 saturated carbocycles. The quantitative estimate of drug-likeness (QED) is 0.384. The summed E-state index contributed by atoms with van der Waals surface area (Å²) in [7, 11) is 1.38. The predicted octanol–water partition coefficient (Wildman–Crippen LogP) is 5.81. The van der Waals surface area contributed by atoms with Gasteiger partial charge in [-0.3, -0.25) is 9.98 Å². The fourth-order valence-electron chi connectivity index (χ4n) is 4.05. The third-order valence-corrected chi connectivity index (χ3v) is 5.95. The summed E-state index contributed by atoms with van der Waals surface area (Å²) in [5.41, 5.74) is -2.31. The summed E-state index contributed by atoms with van der Waals surface area (Å²) < 4.78 is 61.3. The minimum absolute atomic E-state index is 0.269. The highest BCUT2D eigenvalue weighted by Crippen LogP contribution is 2.57. The second kappa shape index (κ2) is 7.85. The molecule has 0 radical (unpaired) electrons. The van der Waals surface area contributed by atoms with Crippen LogP contribution in [0.1, 0.15) is 30.5 Å². The molecule has 1 unspecified atom stereocenters. The smallest absolute Gasteiger partial charge is 0.422 e. The molecule has 1 aromatic heterocycles. The minimum atomic E-state index is -4.98. The van der Waals surface area contributed by atoms with Gasteiger partial charge in [0.05, 0.1) is 18.3 Å². The molecule has 32 heavy (non-hydrogen) atoms. The maximum atomic E-state index is 14.1. The monoisotopic (exact) mass is 446 g/mol. The van der Waals surface area contributed by atoms with Crippen molar-refractivity contribution in [3.05, 3.63) is 65.6 Å². The number of methoxy groups -OCH3 is 1. The molecule has 1 aliphatic rings. The summed E-state index contributed by atoms with van der Waals surface area (Å²) in [6.07, 6.45) is -4.37. The summed E-state index contributed by atoms with van der Waals surface area (Å²) >= 11 is 0. The fourth-order valence-corrected chi connectivity index (χ4v) is 4.05. The van der Waals surface area contributed by atoms with E-state index < -0.39 is 29.4 Å². The number of nitrogens with zero attached hydrogens (tertiary/aromatic N) is 2. The van der Waals surface area contributed by atoms with Crippen molar-refractivity contribution in [1.82, 2.24) is 4.98 Å². The Balaban J connectivity index is 1.73. The van der Waals surface area contributed by atoms with Gasteiger partial charge in [-0.25, -0.2) is 4.39 Å². The van der Waals surface area contributed by atoms with Gasteiger partial charge in [0.25, 0.3) is 0 Å². The van der Waals surface area contributed by atoms with Crippen molar-refractivity contribution in [1.29, 1.82) is 0 Å². The molecule has 0 saturated heterocycles. The lowest BCUT2D eigenvalue weighted by molar-refractivity contribution is -0.233. The highest BCUT2D eigenvalue weighted by atomic mass is 19.4. The predicted molar refractivity (Wildman–Crippen MR) is 114 cm³/mol. The molecule has 168 valence electrons. The third kappa shape index (κ3) is 4.07. The number of rotatable bonds is 6. The lowest BCUT2D eigenvalue weighted by Gasteiger charge is -2.31. The van der Waals surface area contributed by atoms with Crippen LogP contribution in [0.15, 0.2) is 53.5 Å². The van der Waals surface area contributed by atoms with E-state index in [2.05, 4.69) is 9.98 Å². The Labute approximate surface area is 182 Å². The molecule has 1 atom stereocenters. The van der Waals surface area contributed by atoms with Crippen LogP contribution < -0.4 is 4.74 Å². The van der Waals surface area contributed by atoms with Crippen LogP contribution in [0, 0.1) is 12.7 Å². The molecule has 1 heterocycles. The number of ether oxygens (including phenoxy) is 1. The number of fused-ring (bicyclic) bond motifs is 1. The summed E-state index contributed by atoms with van der Waals surface area (Å²) in [4.78, 5) is 8.39. The van der Waals surface area contributed by atoms with Crippen molar-refractivity contribution < 1.29 is 27.4 Å². The normalized spacial score (nSPS) is 17.5. The first-order valence-electron chi connectivity index (χ1n) is 10.1. The van der Waals surface area contributed by atoms with Crippen molar-refractivity contribution in [2.45, 2.75) is 43.4 Å². The van der Waals surface area contributed by atoms with Gasteiger partial charge in [-0.15, -0.1) is 0 Å². The van der Waals surface area contributed by atoms with E-state index in [0.717, 1.165) is 5.69 Å². The molecular formula is C24H22F4N2O2. The summed E-state index contributed by atoms with van der Waals surface area (Å²) in [5.74, 6) is -0.282. The van der Waals surface area contributed by atoms with Crippen molar-refractivity contribution in [3.63, 3.8) is 0 Å². The Morgan fingerprint density at radius 1 is 1.16 bits per heavy atom. The van der Waals surface area contributed by atoms with Gasteiger partial charge in [0.2, 0.25) is 0 Å². The van der Waals surface area contributed by atoms with Crippen LogP contribution >= 0.6 is 0 Å². The minimum Gasteiger partial charge on any atom is -0.496 e. The molecule has 4 rings (SSSR count). The zero-order chi connectivity index (χ0) is 23.1. The maximum absolute atomic E-state index is 14.1. The van der Waals surface area contributed by atoms with Crippen LogP contribution in [0.2, 0.25) is 0 Å². The summed E-state index contributed by atoms with van der Waals surface area (Å²) in [6.45, 7) is 1.81. The number of pyridine rings is 1. The molecule has 3 aromatic rings. The van der Waals surface area contributed by atoms with Gasteiger partial charge in [0.15, 0.2) is 5.60 Å². The fraction of sp³-hybridized carbons (Fsp3) is 0.333. The van der Waals surface area contributed by atoms with E-state index in [1.165, 1.54) is 25.3 Å². The van der Waals surface area contributed by atoms with E-state index >= 15 is 0 Å². The molecule has 0 amide bonds. The van der Waals surface area contributed by atoms with Gasteiger partial charge in [-0.1, -0.05) is 6.07 Å². The zero-order valence-electron chi connectivity index (χ0n) is 17.6. The second-order valence-electron chi connectivity index (χ2n) is 8.28. The Morgan fingerprint density at radius 2 is 1.91 bits per heavy atom. The van der Waals surface area contributed by atoms with Gasteiger partial charge in [0, 0.05) is 34.7 Å². The first kappa shape index (κ1) is 22.2. The highest BCUT2D eigenvalue weighted by Gasteiger charge is 2.60. The molecule has 1 fully saturated rings. The van der Waals surface area contributed by atoms with Crippen LogP contribution in [0.3, 0.4) is 0 Å². The third-order valence-electron chi connectivity index (χ3n) is 5.95. The van der Waals surface area contributed by atoms with Crippen LogP contribution in [0.25, 0.3) is 10.9 Å². The number of aliphatic hydroxyl groups is 1. The number of hydrogen-bond acceptors (Lipinski definition) is 4. The van der Waals surface area contributed by atoms with Gasteiger partial charge >= 0.3 is 6.18 Å². The van der Waals surface area contributed by atoms with E-state index in [9.17, 15) is 22.7 Å². The first-order chi connectivity index (χ1) is 15.1. The standard InChI is InChI=1S/C24H22F4N2O2/c1-15-6-8-17-19(4-3-5-20(17)30-15)29-14-23(31,24(26,27)28)13-22(10-11-22)18-12-16(25)7-9-21(18)32-2/h3-9,12,14,31H,10-11,13H2,1-2H3.